The van der Waals surface area contributed by atoms with Crippen LogP contribution in [0.1, 0.15) is 17.0 Å². The minimum atomic E-state index is 0.418. The van der Waals surface area contributed by atoms with Gasteiger partial charge in [0.1, 0.15) is 0 Å². The Balaban J connectivity index is 1.77. The van der Waals surface area contributed by atoms with E-state index in [0.717, 1.165) is 22.8 Å². The van der Waals surface area contributed by atoms with Gasteiger partial charge in [-0.3, -0.25) is 0 Å². The van der Waals surface area contributed by atoms with Gasteiger partial charge in [0.15, 0.2) is 11.5 Å². The van der Waals surface area contributed by atoms with E-state index in [9.17, 15) is 0 Å². The second-order valence-electron chi connectivity index (χ2n) is 5.01. The molecule has 3 rings (SSSR count). The number of hydrogen-bond acceptors (Lipinski definition) is 4. The van der Waals surface area contributed by atoms with Crippen LogP contribution in [0.4, 0.5) is 0 Å². The topological polar surface area (TPSA) is 44.5 Å². The lowest BCUT2D eigenvalue weighted by molar-refractivity contribution is 0.276. The van der Waals surface area contributed by atoms with Crippen molar-refractivity contribution >= 4 is 11.8 Å². The molecule has 21 heavy (non-hydrogen) atoms. The summed E-state index contributed by atoms with van der Waals surface area (Å²) in [6.45, 7) is 1.10. The van der Waals surface area contributed by atoms with E-state index in [1.807, 2.05) is 30.0 Å². The normalized spacial score (nSPS) is 16.6. The van der Waals surface area contributed by atoms with Crippen molar-refractivity contribution in [2.75, 3.05) is 19.5 Å². The molecular weight excluding hydrogens is 282 g/mol. The second-order valence-corrected chi connectivity index (χ2v) is 6.07. The molecule has 0 bridgehead atoms. The van der Waals surface area contributed by atoms with Crippen molar-refractivity contribution in [1.29, 1.82) is 0 Å². The van der Waals surface area contributed by atoms with Crippen LogP contribution in [0.25, 0.3) is 0 Å². The van der Waals surface area contributed by atoms with Crippen molar-refractivity contribution in [3.8, 4) is 11.5 Å². The molecule has 110 valence electrons. The first-order chi connectivity index (χ1) is 10.3. The molecule has 0 aromatic heterocycles. The van der Waals surface area contributed by atoms with Crippen LogP contribution >= 0.6 is 11.8 Å². The van der Waals surface area contributed by atoms with Crippen LogP contribution in [-0.4, -0.2) is 19.5 Å². The molecule has 0 amide bonds. The van der Waals surface area contributed by atoms with E-state index in [2.05, 4.69) is 24.3 Å². The van der Waals surface area contributed by atoms with E-state index < -0.39 is 0 Å². The van der Waals surface area contributed by atoms with E-state index in [-0.39, 0.29) is 0 Å². The zero-order valence-electron chi connectivity index (χ0n) is 12.0. The third kappa shape index (κ3) is 2.87. The van der Waals surface area contributed by atoms with Crippen LogP contribution in [0.3, 0.4) is 0 Å². The number of thioether (sulfide) groups is 1. The Hall–Kier alpha value is -1.65. The Kier molecular flexibility index (Phi) is 4.36. The number of para-hydroxylation sites is 1. The fourth-order valence-corrected chi connectivity index (χ4v) is 3.83. The zero-order chi connectivity index (χ0) is 14.7. The van der Waals surface area contributed by atoms with Crippen molar-refractivity contribution in [1.82, 2.24) is 0 Å². The highest BCUT2D eigenvalue weighted by atomic mass is 32.2. The quantitative estimate of drug-likeness (QED) is 0.919. The lowest BCUT2D eigenvalue weighted by Gasteiger charge is -2.17. The highest BCUT2D eigenvalue weighted by Crippen LogP contribution is 2.40. The molecule has 2 aromatic rings. The molecule has 0 fully saturated rings. The first-order valence-electron chi connectivity index (χ1n) is 7.04. The lowest BCUT2D eigenvalue weighted by Crippen LogP contribution is -2.12. The molecule has 4 heteroatoms. The van der Waals surface area contributed by atoms with Gasteiger partial charge in [0, 0.05) is 28.7 Å². The van der Waals surface area contributed by atoms with Crippen molar-refractivity contribution in [3.63, 3.8) is 0 Å². The summed E-state index contributed by atoms with van der Waals surface area (Å²) in [7, 11) is 1.66. The number of hydrogen-bond donors (Lipinski definition) is 1. The Morgan fingerprint density at radius 1 is 1.19 bits per heavy atom. The Bertz CT molecular complexity index is 608. The molecule has 0 saturated heterocycles. The van der Waals surface area contributed by atoms with Gasteiger partial charge in [-0.15, -0.1) is 11.8 Å². The summed E-state index contributed by atoms with van der Waals surface area (Å²) >= 11 is 1.90. The van der Waals surface area contributed by atoms with Gasteiger partial charge in [-0.05, 0) is 17.7 Å². The van der Waals surface area contributed by atoms with E-state index >= 15 is 0 Å². The summed E-state index contributed by atoms with van der Waals surface area (Å²) in [5.41, 5.74) is 8.16. The van der Waals surface area contributed by atoms with Crippen molar-refractivity contribution in [3.05, 3.63) is 53.6 Å². The van der Waals surface area contributed by atoms with Crippen LogP contribution in [0.15, 0.2) is 47.4 Å². The average Bonchev–Trinajstić information content (AvgIpc) is 2.95. The maximum atomic E-state index is 6.07. The van der Waals surface area contributed by atoms with Crippen LogP contribution < -0.4 is 15.2 Å². The standard InChI is InChI=1S/C17H19NO2S/c1-19-15-7-4-5-12(9-18)17(15)20-10-13-11-21-16-8-3-2-6-14(13)16/h2-8,13H,9-11,18H2,1H3. The number of rotatable bonds is 5. The van der Waals surface area contributed by atoms with Gasteiger partial charge in [0.2, 0.25) is 0 Å². The molecule has 3 nitrogen and oxygen atoms in total. The molecule has 1 aliphatic heterocycles. The third-order valence-corrected chi connectivity index (χ3v) is 4.98. The maximum absolute atomic E-state index is 6.07. The van der Waals surface area contributed by atoms with Crippen LogP contribution in [0, 0.1) is 0 Å². The fourth-order valence-electron chi connectivity index (χ4n) is 2.60. The number of fused-ring (bicyclic) bond motifs is 1. The van der Waals surface area contributed by atoms with E-state index in [0.29, 0.717) is 19.1 Å². The third-order valence-electron chi connectivity index (χ3n) is 3.73. The van der Waals surface area contributed by atoms with Gasteiger partial charge < -0.3 is 15.2 Å². The smallest absolute Gasteiger partial charge is 0.165 e. The molecule has 0 spiro atoms. The van der Waals surface area contributed by atoms with Gasteiger partial charge in [0.05, 0.1) is 13.7 Å². The Labute approximate surface area is 129 Å². The van der Waals surface area contributed by atoms with Gasteiger partial charge in [-0.25, -0.2) is 0 Å². The second kappa shape index (κ2) is 6.41. The molecule has 1 atom stereocenters. The summed E-state index contributed by atoms with van der Waals surface area (Å²) in [5.74, 6) is 3.00. The minimum absolute atomic E-state index is 0.418. The van der Waals surface area contributed by atoms with Gasteiger partial charge in [-0.1, -0.05) is 30.3 Å². The molecular formula is C17H19NO2S. The molecule has 1 aliphatic rings. The predicted octanol–water partition coefficient (Wildman–Crippen LogP) is 3.42. The van der Waals surface area contributed by atoms with Crippen molar-refractivity contribution in [2.24, 2.45) is 5.73 Å². The van der Waals surface area contributed by atoms with Gasteiger partial charge >= 0.3 is 0 Å². The number of ether oxygens (including phenoxy) is 2. The monoisotopic (exact) mass is 301 g/mol. The molecule has 0 radical (unpaired) electrons. The Morgan fingerprint density at radius 3 is 2.86 bits per heavy atom. The van der Waals surface area contributed by atoms with Crippen molar-refractivity contribution < 1.29 is 9.47 Å². The SMILES string of the molecule is COc1cccc(CN)c1OCC1CSc2ccccc21. The number of benzene rings is 2. The zero-order valence-corrected chi connectivity index (χ0v) is 12.9. The molecule has 1 heterocycles. The van der Waals surface area contributed by atoms with E-state index in [4.69, 9.17) is 15.2 Å². The Morgan fingerprint density at radius 2 is 2.05 bits per heavy atom. The average molecular weight is 301 g/mol. The summed E-state index contributed by atoms with van der Waals surface area (Å²) in [4.78, 5) is 1.37. The first kappa shape index (κ1) is 14.3. The number of nitrogens with two attached hydrogens (primary N) is 1. The highest BCUT2D eigenvalue weighted by molar-refractivity contribution is 7.99. The summed E-state index contributed by atoms with van der Waals surface area (Å²) in [6.07, 6.45) is 0. The summed E-state index contributed by atoms with van der Waals surface area (Å²) in [5, 5.41) is 0. The fraction of sp³-hybridized carbons (Fsp3) is 0.294. The highest BCUT2D eigenvalue weighted by Gasteiger charge is 2.24. The van der Waals surface area contributed by atoms with Gasteiger partial charge in [-0.2, -0.15) is 0 Å². The molecule has 2 N–H and O–H groups in total. The molecule has 1 unspecified atom stereocenters. The minimum Gasteiger partial charge on any atom is -0.493 e. The van der Waals surface area contributed by atoms with Crippen LogP contribution in [0.5, 0.6) is 11.5 Å². The summed E-state index contributed by atoms with van der Waals surface area (Å²) in [6, 6.07) is 14.4. The lowest BCUT2D eigenvalue weighted by atomic mass is 10.0. The van der Waals surface area contributed by atoms with Crippen molar-refractivity contribution in [2.45, 2.75) is 17.4 Å². The largest absolute Gasteiger partial charge is 0.493 e. The van der Waals surface area contributed by atoms with Crippen LogP contribution in [-0.2, 0) is 6.54 Å². The first-order valence-corrected chi connectivity index (χ1v) is 8.02. The number of methoxy groups -OCH3 is 1. The molecule has 0 aliphatic carbocycles. The molecule has 2 aromatic carbocycles. The van der Waals surface area contributed by atoms with Gasteiger partial charge in [0.25, 0.3) is 0 Å². The van der Waals surface area contributed by atoms with E-state index in [1.54, 1.807) is 7.11 Å². The molecule has 0 saturated carbocycles. The van der Waals surface area contributed by atoms with Crippen LogP contribution in [0.2, 0.25) is 0 Å². The predicted molar refractivity (Wildman–Crippen MR) is 86.3 cm³/mol. The summed E-state index contributed by atoms with van der Waals surface area (Å²) < 4.78 is 11.5. The van der Waals surface area contributed by atoms with E-state index in [1.165, 1.54) is 10.5 Å². The maximum Gasteiger partial charge on any atom is 0.165 e.